The zero-order chi connectivity index (χ0) is 18.5. The average Bonchev–Trinajstić information content (AvgIpc) is 3.05. The molecule has 134 valence electrons. The van der Waals surface area contributed by atoms with E-state index in [1.54, 1.807) is 29.1 Å². The molecule has 0 bridgehead atoms. The molecule has 0 spiro atoms. The standard InChI is InChI=1S/C20H20FN3O2/c1-14-6-3-4-9-17(14)26-13-18(25)23-19(20-22-10-11-24(20)2)15-7-5-8-16(21)12-15/h3-12,19H,13H2,1-2H3,(H,23,25). The molecule has 26 heavy (non-hydrogen) atoms. The number of benzene rings is 2. The number of para-hydroxylation sites is 1. The molecule has 0 saturated heterocycles. The van der Waals surface area contributed by atoms with Gasteiger partial charge in [0.15, 0.2) is 6.61 Å². The van der Waals surface area contributed by atoms with Crippen molar-refractivity contribution in [2.45, 2.75) is 13.0 Å². The number of amides is 1. The van der Waals surface area contributed by atoms with Crippen molar-refractivity contribution in [1.82, 2.24) is 14.9 Å². The molecule has 1 heterocycles. The fourth-order valence-corrected chi connectivity index (χ4v) is 2.70. The first-order valence-corrected chi connectivity index (χ1v) is 8.25. The molecule has 5 nitrogen and oxygen atoms in total. The first-order chi connectivity index (χ1) is 12.5. The third-order valence-corrected chi connectivity index (χ3v) is 4.06. The summed E-state index contributed by atoms with van der Waals surface area (Å²) >= 11 is 0. The molecule has 1 atom stereocenters. The third-order valence-electron chi connectivity index (χ3n) is 4.06. The first-order valence-electron chi connectivity index (χ1n) is 8.25. The second kappa shape index (κ2) is 7.82. The maximum Gasteiger partial charge on any atom is 0.258 e. The van der Waals surface area contributed by atoms with Crippen LogP contribution in [0.5, 0.6) is 5.75 Å². The van der Waals surface area contributed by atoms with Crippen molar-refractivity contribution >= 4 is 5.91 Å². The van der Waals surface area contributed by atoms with E-state index >= 15 is 0 Å². The van der Waals surface area contributed by atoms with Crippen LogP contribution in [-0.2, 0) is 11.8 Å². The van der Waals surface area contributed by atoms with Crippen LogP contribution in [0.1, 0.15) is 23.0 Å². The minimum absolute atomic E-state index is 0.138. The van der Waals surface area contributed by atoms with Crippen molar-refractivity contribution in [1.29, 1.82) is 0 Å². The summed E-state index contributed by atoms with van der Waals surface area (Å²) in [6.45, 7) is 1.78. The molecule has 0 aliphatic rings. The summed E-state index contributed by atoms with van der Waals surface area (Å²) in [4.78, 5) is 16.7. The molecular formula is C20H20FN3O2. The van der Waals surface area contributed by atoms with E-state index in [0.717, 1.165) is 5.56 Å². The van der Waals surface area contributed by atoms with Crippen molar-refractivity contribution in [3.05, 3.63) is 83.7 Å². The van der Waals surface area contributed by atoms with Gasteiger partial charge in [0.1, 0.15) is 23.4 Å². The Morgan fingerprint density at radius 2 is 2.08 bits per heavy atom. The Morgan fingerprint density at radius 3 is 2.77 bits per heavy atom. The van der Waals surface area contributed by atoms with Crippen molar-refractivity contribution in [2.75, 3.05) is 6.61 Å². The summed E-state index contributed by atoms with van der Waals surface area (Å²) in [6.07, 6.45) is 3.41. The normalized spacial score (nSPS) is 11.8. The van der Waals surface area contributed by atoms with Gasteiger partial charge in [-0.1, -0.05) is 30.3 Å². The van der Waals surface area contributed by atoms with Crippen molar-refractivity contribution in [3.63, 3.8) is 0 Å². The first kappa shape index (κ1) is 17.7. The van der Waals surface area contributed by atoms with E-state index in [1.165, 1.54) is 12.1 Å². The quantitative estimate of drug-likeness (QED) is 0.741. The predicted octanol–water partition coefficient (Wildman–Crippen LogP) is 3.15. The summed E-state index contributed by atoms with van der Waals surface area (Å²) in [7, 11) is 1.82. The summed E-state index contributed by atoms with van der Waals surface area (Å²) in [6, 6.07) is 13.0. The van der Waals surface area contributed by atoms with Gasteiger partial charge < -0.3 is 14.6 Å². The smallest absolute Gasteiger partial charge is 0.258 e. The Hall–Kier alpha value is -3.15. The molecule has 0 aliphatic heterocycles. The number of imidazole rings is 1. The monoisotopic (exact) mass is 353 g/mol. The highest BCUT2D eigenvalue weighted by molar-refractivity contribution is 5.78. The second-order valence-corrected chi connectivity index (χ2v) is 6.01. The van der Waals surface area contributed by atoms with Crippen LogP contribution in [0.25, 0.3) is 0 Å². The Balaban J connectivity index is 1.76. The van der Waals surface area contributed by atoms with Crippen LogP contribution >= 0.6 is 0 Å². The zero-order valence-electron chi connectivity index (χ0n) is 14.6. The van der Waals surface area contributed by atoms with Crippen LogP contribution in [0.4, 0.5) is 4.39 Å². The molecule has 3 rings (SSSR count). The summed E-state index contributed by atoms with van der Waals surface area (Å²) in [5.41, 5.74) is 1.56. The summed E-state index contributed by atoms with van der Waals surface area (Å²) in [5, 5.41) is 2.88. The molecule has 1 N–H and O–H groups in total. The van der Waals surface area contributed by atoms with Gasteiger partial charge in [-0.3, -0.25) is 4.79 Å². The Morgan fingerprint density at radius 1 is 1.27 bits per heavy atom. The van der Waals surface area contributed by atoms with Gasteiger partial charge in [-0.25, -0.2) is 9.37 Å². The van der Waals surface area contributed by atoms with Gasteiger partial charge >= 0.3 is 0 Å². The molecule has 0 saturated carbocycles. The average molecular weight is 353 g/mol. The number of halogens is 1. The Bertz CT molecular complexity index is 907. The van der Waals surface area contributed by atoms with Gasteiger partial charge in [0.2, 0.25) is 0 Å². The number of carbonyl (C=O) groups excluding carboxylic acids is 1. The van der Waals surface area contributed by atoms with Gasteiger partial charge in [0, 0.05) is 19.4 Å². The van der Waals surface area contributed by atoms with Crippen molar-refractivity contribution < 1.29 is 13.9 Å². The number of carbonyl (C=O) groups is 1. The van der Waals surface area contributed by atoms with E-state index in [1.807, 2.05) is 38.2 Å². The lowest BCUT2D eigenvalue weighted by atomic mass is 10.1. The third kappa shape index (κ3) is 4.08. The van der Waals surface area contributed by atoms with E-state index in [2.05, 4.69) is 10.3 Å². The molecule has 3 aromatic rings. The van der Waals surface area contributed by atoms with Gasteiger partial charge in [0.05, 0.1) is 0 Å². The highest BCUT2D eigenvalue weighted by Gasteiger charge is 2.21. The maximum absolute atomic E-state index is 13.7. The van der Waals surface area contributed by atoms with E-state index < -0.39 is 6.04 Å². The number of nitrogens with zero attached hydrogens (tertiary/aromatic N) is 2. The molecular weight excluding hydrogens is 333 g/mol. The molecule has 0 aliphatic carbocycles. The number of hydrogen-bond donors (Lipinski definition) is 1. The number of aryl methyl sites for hydroxylation is 2. The van der Waals surface area contributed by atoms with Crippen LogP contribution in [0.3, 0.4) is 0 Å². The van der Waals surface area contributed by atoms with Crippen LogP contribution in [0.15, 0.2) is 60.9 Å². The van der Waals surface area contributed by atoms with Gasteiger partial charge in [-0.2, -0.15) is 0 Å². The summed E-state index contributed by atoms with van der Waals surface area (Å²) in [5.74, 6) is 0.583. The van der Waals surface area contributed by atoms with Crippen LogP contribution in [-0.4, -0.2) is 22.1 Å². The lowest BCUT2D eigenvalue weighted by Crippen LogP contribution is -2.34. The molecule has 0 radical (unpaired) electrons. The molecule has 0 fully saturated rings. The van der Waals surface area contributed by atoms with E-state index in [-0.39, 0.29) is 18.3 Å². The molecule has 1 aromatic heterocycles. The van der Waals surface area contributed by atoms with Gasteiger partial charge in [0.25, 0.3) is 5.91 Å². The zero-order valence-corrected chi connectivity index (χ0v) is 14.6. The molecule has 1 amide bonds. The van der Waals surface area contributed by atoms with Gasteiger partial charge in [-0.15, -0.1) is 0 Å². The Labute approximate surface area is 151 Å². The highest BCUT2D eigenvalue weighted by Crippen LogP contribution is 2.21. The largest absolute Gasteiger partial charge is 0.484 e. The van der Waals surface area contributed by atoms with Crippen LogP contribution in [0.2, 0.25) is 0 Å². The van der Waals surface area contributed by atoms with Crippen molar-refractivity contribution in [2.24, 2.45) is 7.05 Å². The lowest BCUT2D eigenvalue weighted by Gasteiger charge is -2.19. The number of nitrogens with one attached hydrogen (secondary N) is 1. The maximum atomic E-state index is 13.7. The minimum atomic E-state index is -0.571. The van der Waals surface area contributed by atoms with Crippen LogP contribution in [0, 0.1) is 12.7 Å². The minimum Gasteiger partial charge on any atom is -0.484 e. The molecule has 2 aromatic carbocycles. The number of rotatable bonds is 6. The van der Waals surface area contributed by atoms with Crippen molar-refractivity contribution in [3.8, 4) is 5.75 Å². The molecule has 6 heteroatoms. The van der Waals surface area contributed by atoms with E-state index in [0.29, 0.717) is 17.1 Å². The number of ether oxygens (including phenoxy) is 1. The predicted molar refractivity (Wildman–Crippen MR) is 96.3 cm³/mol. The fourth-order valence-electron chi connectivity index (χ4n) is 2.70. The second-order valence-electron chi connectivity index (χ2n) is 6.01. The number of hydrogen-bond acceptors (Lipinski definition) is 3. The topological polar surface area (TPSA) is 56.1 Å². The van der Waals surface area contributed by atoms with Crippen LogP contribution < -0.4 is 10.1 Å². The van der Waals surface area contributed by atoms with E-state index in [4.69, 9.17) is 4.74 Å². The van der Waals surface area contributed by atoms with E-state index in [9.17, 15) is 9.18 Å². The lowest BCUT2D eigenvalue weighted by molar-refractivity contribution is -0.123. The number of aromatic nitrogens is 2. The Kier molecular flexibility index (Phi) is 5.31. The fraction of sp³-hybridized carbons (Fsp3) is 0.200. The highest BCUT2D eigenvalue weighted by atomic mass is 19.1. The van der Waals surface area contributed by atoms with Gasteiger partial charge in [-0.05, 0) is 36.2 Å². The molecule has 1 unspecified atom stereocenters. The SMILES string of the molecule is Cc1ccccc1OCC(=O)NC(c1cccc(F)c1)c1nccn1C. The summed E-state index contributed by atoms with van der Waals surface area (Å²) < 4.78 is 21.0.